The minimum Gasteiger partial charge on any atom is -0.347 e. The normalized spacial score (nSPS) is 10.6. The fraction of sp³-hybridized carbons (Fsp3) is 0.200. The van der Waals surface area contributed by atoms with E-state index in [4.69, 9.17) is 6.42 Å². The fourth-order valence-electron chi connectivity index (χ4n) is 2.04. The van der Waals surface area contributed by atoms with Crippen molar-refractivity contribution in [1.82, 2.24) is 10.6 Å². The van der Waals surface area contributed by atoms with E-state index < -0.39 is 0 Å². The van der Waals surface area contributed by atoms with Crippen LogP contribution in [-0.4, -0.2) is 25.0 Å². The van der Waals surface area contributed by atoms with Gasteiger partial charge in [-0.3, -0.25) is 4.79 Å². The minimum absolute atomic E-state index is 0.0915. The van der Waals surface area contributed by atoms with Gasteiger partial charge in [0.15, 0.2) is 5.96 Å². The third kappa shape index (κ3) is 6.80. The zero-order valence-corrected chi connectivity index (χ0v) is 14.3. The lowest BCUT2D eigenvalue weighted by Crippen LogP contribution is -2.40. The van der Waals surface area contributed by atoms with Crippen LogP contribution < -0.4 is 16.0 Å². The Kier molecular flexibility index (Phi) is 7.08. The Hall–Kier alpha value is -3.26. The Morgan fingerprint density at radius 1 is 1.08 bits per heavy atom. The summed E-state index contributed by atoms with van der Waals surface area (Å²) in [4.78, 5) is 16.3. The number of hydrogen-bond acceptors (Lipinski definition) is 2. The first-order chi connectivity index (χ1) is 12.2. The van der Waals surface area contributed by atoms with Gasteiger partial charge in [0.05, 0.1) is 19.6 Å². The average molecular weight is 334 g/mol. The van der Waals surface area contributed by atoms with E-state index in [1.54, 1.807) is 0 Å². The van der Waals surface area contributed by atoms with Crippen LogP contribution in [-0.2, 0) is 11.3 Å². The van der Waals surface area contributed by atoms with E-state index in [-0.39, 0.29) is 19.0 Å². The fourth-order valence-corrected chi connectivity index (χ4v) is 2.04. The number of para-hydroxylation sites is 1. The van der Waals surface area contributed by atoms with Crippen LogP contribution in [0.3, 0.4) is 0 Å². The van der Waals surface area contributed by atoms with Gasteiger partial charge in [-0.2, -0.15) is 0 Å². The topological polar surface area (TPSA) is 65.5 Å². The van der Waals surface area contributed by atoms with E-state index >= 15 is 0 Å². The molecular formula is C20H22N4O. The minimum atomic E-state index is -0.184. The number of anilines is 1. The molecule has 0 heterocycles. The molecule has 128 valence electrons. The van der Waals surface area contributed by atoms with Gasteiger partial charge in [-0.1, -0.05) is 53.9 Å². The molecule has 0 saturated carbocycles. The van der Waals surface area contributed by atoms with Crippen molar-refractivity contribution >= 4 is 17.6 Å². The zero-order valence-electron chi connectivity index (χ0n) is 14.3. The second-order valence-corrected chi connectivity index (χ2v) is 5.48. The zero-order chi connectivity index (χ0) is 17.9. The number of hydrogen-bond donors (Lipinski definition) is 3. The summed E-state index contributed by atoms with van der Waals surface area (Å²) in [5.41, 5.74) is 3.19. The van der Waals surface area contributed by atoms with Gasteiger partial charge in [0, 0.05) is 5.69 Å². The van der Waals surface area contributed by atoms with E-state index in [1.807, 2.05) is 49.4 Å². The van der Waals surface area contributed by atoms with Gasteiger partial charge in [0.2, 0.25) is 5.91 Å². The number of nitrogens with zero attached hydrogens (tertiary/aromatic N) is 1. The van der Waals surface area contributed by atoms with E-state index in [1.165, 1.54) is 5.56 Å². The van der Waals surface area contributed by atoms with Crippen LogP contribution in [0.4, 0.5) is 5.69 Å². The molecule has 2 aromatic carbocycles. The van der Waals surface area contributed by atoms with Gasteiger partial charge in [0.25, 0.3) is 0 Å². The first-order valence-corrected chi connectivity index (χ1v) is 8.03. The van der Waals surface area contributed by atoms with E-state index in [9.17, 15) is 4.79 Å². The summed E-state index contributed by atoms with van der Waals surface area (Å²) in [5.74, 6) is 2.72. The summed E-state index contributed by atoms with van der Waals surface area (Å²) in [6, 6.07) is 17.8. The molecule has 0 radical (unpaired) electrons. The summed E-state index contributed by atoms with van der Waals surface area (Å²) in [5, 5.41) is 8.82. The third-order valence-corrected chi connectivity index (χ3v) is 3.38. The number of terminal acetylenes is 1. The van der Waals surface area contributed by atoms with Crippen molar-refractivity contribution in [2.24, 2.45) is 4.99 Å². The molecule has 5 heteroatoms. The first-order valence-electron chi connectivity index (χ1n) is 8.03. The van der Waals surface area contributed by atoms with Crippen molar-refractivity contribution in [1.29, 1.82) is 0 Å². The number of aryl methyl sites for hydroxylation is 1. The monoisotopic (exact) mass is 334 g/mol. The number of carbonyl (C=O) groups excluding carboxylic acids is 1. The summed E-state index contributed by atoms with van der Waals surface area (Å²) in [6.45, 7) is 2.86. The predicted octanol–water partition coefficient (Wildman–Crippen LogP) is 2.30. The molecule has 0 aliphatic carbocycles. The highest BCUT2D eigenvalue weighted by atomic mass is 16.1. The maximum absolute atomic E-state index is 11.7. The van der Waals surface area contributed by atoms with Crippen molar-refractivity contribution < 1.29 is 4.79 Å². The molecule has 0 aliphatic rings. The largest absolute Gasteiger partial charge is 0.347 e. The van der Waals surface area contributed by atoms with Crippen LogP contribution in [0.15, 0.2) is 59.6 Å². The smallest absolute Gasteiger partial charge is 0.240 e. The molecule has 0 unspecified atom stereocenters. The van der Waals surface area contributed by atoms with Crippen LogP contribution in [0, 0.1) is 19.3 Å². The number of amides is 1. The molecular weight excluding hydrogens is 312 g/mol. The number of nitrogens with one attached hydrogen (secondary N) is 3. The molecule has 0 aliphatic heterocycles. The number of aliphatic imine (C=N–C) groups is 1. The summed E-state index contributed by atoms with van der Waals surface area (Å²) in [7, 11) is 0. The first kappa shape index (κ1) is 18.1. The predicted molar refractivity (Wildman–Crippen MR) is 102 cm³/mol. The standard InChI is InChI=1S/C20H22N4O/c1-3-13-21-19(25)15-23-20(24-18-7-5-4-6-8-18)22-14-17-11-9-16(2)10-12-17/h1,4-12H,13-15H2,2H3,(H,21,25)(H2,22,23,24). The summed E-state index contributed by atoms with van der Waals surface area (Å²) < 4.78 is 0. The van der Waals surface area contributed by atoms with Gasteiger partial charge in [-0.05, 0) is 24.6 Å². The van der Waals surface area contributed by atoms with E-state index in [0.29, 0.717) is 12.5 Å². The molecule has 5 nitrogen and oxygen atoms in total. The van der Waals surface area contributed by atoms with Crippen molar-refractivity contribution in [3.8, 4) is 12.3 Å². The number of rotatable bonds is 6. The van der Waals surface area contributed by atoms with E-state index in [0.717, 1.165) is 11.3 Å². The van der Waals surface area contributed by atoms with Crippen LogP contribution >= 0.6 is 0 Å². The number of carbonyl (C=O) groups is 1. The van der Waals surface area contributed by atoms with E-state index in [2.05, 4.69) is 39.0 Å². The van der Waals surface area contributed by atoms with Crippen molar-refractivity contribution in [2.75, 3.05) is 18.4 Å². The molecule has 0 bridgehead atoms. The Bertz CT molecular complexity index is 746. The van der Waals surface area contributed by atoms with Crippen LogP contribution in [0.5, 0.6) is 0 Å². The second-order valence-electron chi connectivity index (χ2n) is 5.48. The molecule has 0 spiro atoms. The van der Waals surface area contributed by atoms with Crippen LogP contribution in [0.1, 0.15) is 11.1 Å². The molecule has 3 N–H and O–H groups in total. The van der Waals surface area contributed by atoms with Crippen molar-refractivity contribution in [2.45, 2.75) is 13.5 Å². The molecule has 2 rings (SSSR count). The lowest BCUT2D eigenvalue weighted by molar-refractivity contribution is -0.119. The highest BCUT2D eigenvalue weighted by molar-refractivity contribution is 5.95. The maximum Gasteiger partial charge on any atom is 0.240 e. The SMILES string of the molecule is C#CCNC(=O)CNC(=NCc1ccc(C)cc1)Nc1ccccc1. The lowest BCUT2D eigenvalue weighted by atomic mass is 10.1. The Morgan fingerprint density at radius 2 is 1.80 bits per heavy atom. The molecule has 25 heavy (non-hydrogen) atoms. The highest BCUT2D eigenvalue weighted by Crippen LogP contribution is 2.07. The summed E-state index contributed by atoms with van der Waals surface area (Å²) >= 11 is 0. The molecule has 0 saturated heterocycles. The van der Waals surface area contributed by atoms with Crippen molar-refractivity contribution in [3.05, 3.63) is 65.7 Å². The van der Waals surface area contributed by atoms with Gasteiger partial charge >= 0.3 is 0 Å². The highest BCUT2D eigenvalue weighted by Gasteiger charge is 2.04. The van der Waals surface area contributed by atoms with Crippen LogP contribution in [0.2, 0.25) is 0 Å². The molecule has 1 amide bonds. The lowest BCUT2D eigenvalue weighted by Gasteiger charge is -2.12. The Morgan fingerprint density at radius 3 is 2.48 bits per heavy atom. The van der Waals surface area contributed by atoms with Gasteiger partial charge in [-0.15, -0.1) is 6.42 Å². The number of guanidine groups is 1. The summed E-state index contributed by atoms with van der Waals surface area (Å²) in [6.07, 6.45) is 5.14. The third-order valence-electron chi connectivity index (χ3n) is 3.38. The molecule has 0 aromatic heterocycles. The van der Waals surface area contributed by atoms with Crippen molar-refractivity contribution in [3.63, 3.8) is 0 Å². The second kappa shape index (κ2) is 9.78. The van der Waals surface area contributed by atoms with Gasteiger partial charge < -0.3 is 16.0 Å². The molecule has 2 aromatic rings. The quantitative estimate of drug-likeness (QED) is 0.431. The number of benzene rings is 2. The Balaban J connectivity index is 2.02. The van der Waals surface area contributed by atoms with Crippen LogP contribution in [0.25, 0.3) is 0 Å². The molecule has 0 atom stereocenters. The van der Waals surface area contributed by atoms with Gasteiger partial charge in [-0.25, -0.2) is 4.99 Å². The average Bonchev–Trinajstić information content (AvgIpc) is 2.64. The molecule has 0 fully saturated rings. The van der Waals surface area contributed by atoms with Gasteiger partial charge in [0.1, 0.15) is 0 Å². The Labute approximate surface area is 148 Å². The maximum atomic E-state index is 11.7.